The Bertz CT molecular complexity index is 684. The number of non-ortho nitro benzene ring substituents is 1. The molecule has 6 nitrogen and oxygen atoms in total. The third-order valence-electron chi connectivity index (χ3n) is 3.47. The molecule has 0 saturated carbocycles. The molecular formula is C12H13N3O3. The standard InChI is InChI=1S/C12H13N3O3/c16-12-10-8-9(15(17)18)4-5-11(10)13-6-2-1-3-7-14(12)13/h4-5,8H,1-3,6-7H2. The third kappa shape index (κ3) is 1.53. The second-order valence-electron chi connectivity index (χ2n) is 4.57. The summed E-state index contributed by atoms with van der Waals surface area (Å²) in [7, 11) is 0. The van der Waals surface area contributed by atoms with Crippen LogP contribution in [0.3, 0.4) is 0 Å². The van der Waals surface area contributed by atoms with Crippen LogP contribution in [0.4, 0.5) is 5.69 Å². The van der Waals surface area contributed by atoms with Crippen molar-refractivity contribution in [2.45, 2.75) is 32.4 Å². The molecule has 6 heteroatoms. The van der Waals surface area contributed by atoms with Crippen LogP contribution in [0.25, 0.3) is 10.9 Å². The minimum atomic E-state index is -0.466. The molecule has 1 aliphatic rings. The summed E-state index contributed by atoms with van der Waals surface area (Å²) >= 11 is 0. The fraction of sp³-hybridized carbons (Fsp3) is 0.417. The lowest BCUT2D eigenvalue weighted by atomic mass is 10.2. The summed E-state index contributed by atoms with van der Waals surface area (Å²) in [6.45, 7) is 1.50. The first-order valence-corrected chi connectivity index (χ1v) is 6.06. The van der Waals surface area contributed by atoms with Crippen molar-refractivity contribution in [3.63, 3.8) is 0 Å². The number of nitro groups is 1. The second-order valence-corrected chi connectivity index (χ2v) is 4.57. The number of nitrogens with zero attached hydrogens (tertiary/aromatic N) is 3. The monoisotopic (exact) mass is 247 g/mol. The van der Waals surface area contributed by atoms with Gasteiger partial charge in [0.25, 0.3) is 11.2 Å². The predicted molar refractivity (Wildman–Crippen MR) is 66.7 cm³/mol. The van der Waals surface area contributed by atoms with Crippen LogP contribution in [-0.4, -0.2) is 14.3 Å². The number of hydrogen-bond donors (Lipinski definition) is 0. The van der Waals surface area contributed by atoms with E-state index in [0.29, 0.717) is 11.9 Å². The van der Waals surface area contributed by atoms with E-state index in [-0.39, 0.29) is 11.2 Å². The first kappa shape index (κ1) is 11.0. The smallest absolute Gasteiger partial charge is 0.274 e. The number of hydrogen-bond acceptors (Lipinski definition) is 3. The van der Waals surface area contributed by atoms with Gasteiger partial charge in [-0.05, 0) is 25.3 Å². The molecule has 1 aromatic carbocycles. The normalized spacial score (nSPS) is 15.3. The number of rotatable bonds is 1. The fourth-order valence-electron chi connectivity index (χ4n) is 2.58. The zero-order valence-corrected chi connectivity index (χ0v) is 9.83. The Labute approximate surface area is 103 Å². The molecule has 0 aliphatic carbocycles. The van der Waals surface area contributed by atoms with Crippen molar-refractivity contribution < 1.29 is 4.92 Å². The highest BCUT2D eigenvalue weighted by Crippen LogP contribution is 2.21. The van der Waals surface area contributed by atoms with Crippen molar-refractivity contribution in [3.05, 3.63) is 38.7 Å². The minimum Gasteiger partial charge on any atom is -0.282 e. The van der Waals surface area contributed by atoms with Crippen LogP contribution in [0.2, 0.25) is 0 Å². The maximum absolute atomic E-state index is 12.2. The molecule has 1 aromatic heterocycles. The summed E-state index contributed by atoms with van der Waals surface area (Å²) in [5.74, 6) is 0. The topological polar surface area (TPSA) is 70.1 Å². The van der Waals surface area contributed by atoms with Crippen LogP contribution >= 0.6 is 0 Å². The van der Waals surface area contributed by atoms with Crippen molar-refractivity contribution >= 4 is 16.6 Å². The molecule has 1 aliphatic heterocycles. The van der Waals surface area contributed by atoms with Gasteiger partial charge in [-0.2, -0.15) is 0 Å². The van der Waals surface area contributed by atoms with Gasteiger partial charge in [0, 0.05) is 25.2 Å². The second kappa shape index (κ2) is 3.97. The van der Waals surface area contributed by atoms with Gasteiger partial charge in [0.05, 0.1) is 15.8 Å². The van der Waals surface area contributed by atoms with Crippen LogP contribution in [0.15, 0.2) is 23.0 Å². The quantitative estimate of drug-likeness (QED) is 0.570. The van der Waals surface area contributed by atoms with Gasteiger partial charge in [0.15, 0.2) is 0 Å². The predicted octanol–water partition coefficient (Wildman–Crippen LogP) is 1.90. The number of aromatic nitrogens is 2. The summed E-state index contributed by atoms with van der Waals surface area (Å²) in [5, 5.41) is 11.2. The highest BCUT2D eigenvalue weighted by atomic mass is 16.6. The maximum Gasteiger partial charge on any atom is 0.274 e. The maximum atomic E-state index is 12.2. The zero-order valence-electron chi connectivity index (χ0n) is 9.83. The van der Waals surface area contributed by atoms with E-state index in [2.05, 4.69) is 0 Å². The summed E-state index contributed by atoms with van der Waals surface area (Å²) in [4.78, 5) is 22.5. The van der Waals surface area contributed by atoms with Crippen LogP contribution in [0, 0.1) is 10.1 Å². The van der Waals surface area contributed by atoms with Crippen molar-refractivity contribution in [1.82, 2.24) is 9.36 Å². The molecule has 0 radical (unpaired) electrons. The largest absolute Gasteiger partial charge is 0.282 e. The van der Waals surface area contributed by atoms with Crippen molar-refractivity contribution in [1.29, 1.82) is 0 Å². The van der Waals surface area contributed by atoms with E-state index in [0.717, 1.165) is 31.3 Å². The molecule has 3 rings (SSSR count). The van der Waals surface area contributed by atoms with E-state index in [1.165, 1.54) is 12.1 Å². The lowest BCUT2D eigenvalue weighted by molar-refractivity contribution is -0.384. The van der Waals surface area contributed by atoms with Crippen LogP contribution in [0.5, 0.6) is 0 Å². The Balaban J connectivity index is 2.29. The molecule has 0 spiro atoms. The highest BCUT2D eigenvalue weighted by Gasteiger charge is 2.17. The van der Waals surface area contributed by atoms with Crippen molar-refractivity contribution in [3.8, 4) is 0 Å². The lowest BCUT2D eigenvalue weighted by Crippen LogP contribution is -2.21. The molecular weight excluding hydrogens is 234 g/mol. The van der Waals surface area contributed by atoms with Gasteiger partial charge in [-0.1, -0.05) is 0 Å². The molecule has 0 amide bonds. The van der Waals surface area contributed by atoms with E-state index < -0.39 is 4.92 Å². The number of fused-ring (bicyclic) bond motifs is 3. The number of nitro benzene ring substituents is 1. The van der Waals surface area contributed by atoms with Crippen LogP contribution < -0.4 is 5.56 Å². The minimum absolute atomic E-state index is 0.0269. The average Bonchev–Trinajstić information content (AvgIpc) is 2.57. The molecule has 2 heterocycles. The Hall–Kier alpha value is -2.11. The molecule has 0 unspecified atom stereocenters. The molecule has 0 N–H and O–H groups in total. The van der Waals surface area contributed by atoms with Crippen molar-refractivity contribution in [2.75, 3.05) is 0 Å². The summed E-state index contributed by atoms with van der Waals surface area (Å²) in [6, 6.07) is 4.52. The first-order valence-electron chi connectivity index (χ1n) is 6.06. The summed E-state index contributed by atoms with van der Waals surface area (Å²) < 4.78 is 3.66. The number of aryl methyl sites for hydroxylation is 1. The van der Waals surface area contributed by atoms with E-state index in [1.54, 1.807) is 10.7 Å². The Morgan fingerprint density at radius 2 is 1.83 bits per heavy atom. The summed E-state index contributed by atoms with van der Waals surface area (Å²) in [5.41, 5.74) is 0.657. The van der Waals surface area contributed by atoms with E-state index in [1.807, 2.05) is 4.68 Å². The van der Waals surface area contributed by atoms with Gasteiger partial charge in [-0.15, -0.1) is 0 Å². The van der Waals surface area contributed by atoms with Crippen LogP contribution in [-0.2, 0) is 13.1 Å². The zero-order chi connectivity index (χ0) is 12.7. The Kier molecular flexibility index (Phi) is 2.43. The molecule has 0 bridgehead atoms. The van der Waals surface area contributed by atoms with E-state index >= 15 is 0 Å². The van der Waals surface area contributed by atoms with Gasteiger partial charge in [0.1, 0.15) is 0 Å². The van der Waals surface area contributed by atoms with E-state index in [4.69, 9.17) is 0 Å². The molecule has 0 fully saturated rings. The highest BCUT2D eigenvalue weighted by molar-refractivity contribution is 5.81. The molecule has 0 atom stereocenters. The molecule has 18 heavy (non-hydrogen) atoms. The lowest BCUT2D eigenvalue weighted by Gasteiger charge is -2.07. The van der Waals surface area contributed by atoms with Crippen molar-refractivity contribution in [2.24, 2.45) is 0 Å². The van der Waals surface area contributed by atoms with Gasteiger partial charge in [-0.3, -0.25) is 19.6 Å². The molecule has 0 saturated heterocycles. The molecule has 94 valence electrons. The van der Waals surface area contributed by atoms with Crippen LogP contribution in [0.1, 0.15) is 19.3 Å². The Morgan fingerprint density at radius 1 is 1.11 bits per heavy atom. The van der Waals surface area contributed by atoms with Gasteiger partial charge < -0.3 is 0 Å². The van der Waals surface area contributed by atoms with Gasteiger partial charge in [0.2, 0.25) is 0 Å². The fourth-order valence-corrected chi connectivity index (χ4v) is 2.58. The summed E-state index contributed by atoms with van der Waals surface area (Å²) in [6.07, 6.45) is 3.14. The average molecular weight is 247 g/mol. The van der Waals surface area contributed by atoms with Gasteiger partial charge >= 0.3 is 0 Å². The Morgan fingerprint density at radius 3 is 2.56 bits per heavy atom. The third-order valence-corrected chi connectivity index (χ3v) is 3.47. The SMILES string of the molecule is O=c1c2cc([N+](=O)[O-])ccc2n2n1CCCCC2. The van der Waals surface area contributed by atoms with E-state index in [9.17, 15) is 14.9 Å². The van der Waals surface area contributed by atoms with Gasteiger partial charge in [-0.25, -0.2) is 4.68 Å². The first-order chi connectivity index (χ1) is 8.68. The molecule has 2 aromatic rings. The number of benzene rings is 1.